The third-order valence-electron chi connectivity index (χ3n) is 3.50. The van der Waals surface area contributed by atoms with Crippen LogP contribution in [0.5, 0.6) is 5.75 Å². The van der Waals surface area contributed by atoms with Crippen LogP contribution in [0.3, 0.4) is 0 Å². The van der Waals surface area contributed by atoms with E-state index in [0.29, 0.717) is 17.0 Å². The maximum Gasteiger partial charge on any atom is 0.255 e. The van der Waals surface area contributed by atoms with E-state index in [4.69, 9.17) is 4.74 Å². The zero-order chi connectivity index (χ0) is 17.9. The molecule has 0 saturated carbocycles. The molecule has 6 nitrogen and oxygen atoms in total. The molecule has 0 spiro atoms. The highest BCUT2D eigenvalue weighted by Gasteiger charge is 2.18. The van der Waals surface area contributed by atoms with Gasteiger partial charge in [0, 0.05) is 19.7 Å². The number of hydrogen-bond donors (Lipinski definition) is 1. The Hall–Kier alpha value is -2.38. The van der Waals surface area contributed by atoms with Gasteiger partial charge in [-0.1, -0.05) is 6.07 Å². The third kappa shape index (κ3) is 3.74. The lowest BCUT2D eigenvalue weighted by Gasteiger charge is -2.13. The van der Waals surface area contributed by atoms with Crippen LogP contribution in [0, 0.1) is 6.92 Å². The molecular formula is C17H20N2O4S. The number of ether oxygens (including phenoxy) is 1. The van der Waals surface area contributed by atoms with Gasteiger partial charge in [0.15, 0.2) is 0 Å². The molecule has 0 fully saturated rings. The normalized spacial score (nSPS) is 11.4. The molecule has 0 atom stereocenters. The second-order valence-corrected chi connectivity index (χ2v) is 7.62. The maximum absolute atomic E-state index is 12.4. The number of methoxy groups -OCH3 is 1. The first-order chi connectivity index (χ1) is 11.3. The van der Waals surface area contributed by atoms with Crippen LogP contribution in [0.1, 0.15) is 15.9 Å². The molecule has 0 aliphatic rings. The number of rotatable bonds is 5. The van der Waals surface area contributed by atoms with Crippen LogP contribution < -0.4 is 10.1 Å². The molecule has 128 valence electrons. The molecule has 0 saturated heterocycles. The van der Waals surface area contributed by atoms with E-state index in [1.165, 1.54) is 45.5 Å². The summed E-state index contributed by atoms with van der Waals surface area (Å²) in [6, 6.07) is 11.3. The minimum absolute atomic E-state index is 0.136. The number of hydrogen-bond acceptors (Lipinski definition) is 4. The molecule has 0 heterocycles. The van der Waals surface area contributed by atoms with Crippen molar-refractivity contribution >= 4 is 21.6 Å². The highest BCUT2D eigenvalue weighted by Crippen LogP contribution is 2.26. The maximum atomic E-state index is 12.4. The third-order valence-corrected chi connectivity index (χ3v) is 5.33. The summed E-state index contributed by atoms with van der Waals surface area (Å²) in [7, 11) is 0.933. The van der Waals surface area contributed by atoms with Gasteiger partial charge in [-0.3, -0.25) is 4.79 Å². The van der Waals surface area contributed by atoms with Gasteiger partial charge < -0.3 is 10.1 Å². The SMILES string of the molecule is COc1ccc(C)cc1NC(=O)c1ccc(S(=O)(=O)N(C)C)cc1. The van der Waals surface area contributed by atoms with Crippen LogP contribution in [-0.2, 0) is 10.0 Å². The minimum atomic E-state index is -3.51. The van der Waals surface area contributed by atoms with Crippen molar-refractivity contribution in [1.29, 1.82) is 0 Å². The van der Waals surface area contributed by atoms with Gasteiger partial charge in [0.25, 0.3) is 5.91 Å². The lowest BCUT2D eigenvalue weighted by atomic mass is 10.1. The zero-order valence-corrected chi connectivity index (χ0v) is 14.8. The summed E-state index contributed by atoms with van der Waals surface area (Å²) >= 11 is 0. The summed E-state index contributed by atoms with van der Waals surface area (Å²) in [5, 5.41) is 2.78. The molecule has 0 unspecified atom stereocenters. The molecule has 0 bridgehead atoms. The minimum Gasteiger partial charge on any atom is -0.495 e. The first kappa shape index (κ1) is 18.0. The van der Waals surface area contributed by atoms with Crippen LogP contribution in [0.25, 0.3) is 0 Å². The van der Waals surface area contributed by atoms with Crippen LogP contribution >= 0.6 is 0 Å². The highest BCUT2D eigenvalue weighted by atomic mass is 32.2. The molecule has 0 radical (unpaired) electrons. The molecule has 7 heteroatoms. The molecule has 2 aromatic carbocycles. The summed E-state index contributed by atoms with van der Waals surface area (Å²) in [4.78, 5) is 12.5. The molecule has 24 heavy (non-hydrogen) atoms. The number of carbonyl (C=O) groups is 1. The fourth-order valence-electron chi connectivity index (χ4n) is 2.10. The number of anilines is 1. The fraction of sp³-hybridized carbons (Fsp3) is 0.235. The predicted octanol–water partition coefficient (Wildman–Crippen LogP) is 2.51. The van der Waals surface area contributed by atoms with Crippen molar-refractivity contribution in [3.8, 4) is 5.75 Å². The topological polar surface area (TPSA) is 75.7 Å². The van der Waals surface area contributed by atoms with Gasteiger partial charge >= 0.3 is 0 Å². The number of nitrogens with one attached hydrogen (secondary N) is 1. The second-order valence-electron chi connectivity index (χ2n) is 5.47. The largest absolute Gasteiger partial charge is 0.495 e. The van der Waals surface area contributed by atoms with Crippen molar-refractivity contribution in [1.82, 2.24) is 4.31 Å². The van der Waals surface area contributed by atoms with Crippen molar-refractivity contribution < 1.29 is 17.9 Å². The Morgan fingerprint density at radius 2 is 1.71 bits per heavy atom. The number of amides is 1. The van der Waals surface area contributed by atoms with Crippen LogP contribution in [0.15, 0.2) is 47.4 Å². The van der Waals surface area contributed by atoms with Crippen molar-refractivity contribution in [3.63, 3.8) is 0 Å². The second kappa shape index (κ2) is 7.02. The Balaban J connectivity index is 2.24. The molecule has 2 aromatic rings. The number of nitrogens with zero attached hydrogens (tertiary/aromatic N) is 1. The number of benzene rings is 2. The molecule has 1 amide bonds. The smallest absolute Gasteiger partial charge is 0.255 e. The predicted molar refractivity (Wildman–Crippen MR) is 93.0 cm³/mol. The van der Waals surface area contributed by atoms with E-state index >= 15 is 0 Å². The highest BCUT2D eigenvalue weighted by molar-refractivity contribution is 7.89. The molecule has 0 aliphatic carbocycles. The van der Waals surface area contributed by atoms with E-state index in [1.807, 2.05) is 19.1 Å². The summed E-state index contributed by atoms with van der Waals surface area (Å²) in [6.07, 6.45) is 0. The van der Waals surface area contributed by atoms with Gasteiger partial charge in [0.05, 0.1) is 17.7 Å². The fourth-order valence-corrected chi connectivity index (χ4v) is 3.00. The van der Waals surface area contributed by atoms with E-state index in [1.54, 1.807) is 6.07 Å². The van der Waals surface area contributed by atoms with E-state index in [9.17, 15) is 13.2 Å². The first-order valence-electron chi connectivity index (χ1n) is 7.24. The van der Waals surface area contributed by atoms with E-state index in [2.05, 4.69) is 5.32 Å². The number of aryl methyl sites for hydroxylation is 1. The molecule has 0 aliphatic heterocycles. The Bertz CT molecular complexity index is 843. The van der Waals surface area contributed by atoms with Crippen molar-refractivity contribution in [2.24, 2.45) is 0 Å². The zero-order valence-electron chi connectivity index (χ0n) is 14.0. The Labute approximate surface area is 142 Å². The van der Waals surface area contributed by atoms with Gasteiger partial charge in [0.1, 0.15) is 5.75 Å². The summed E-state index contributed by atoms with van der Waals surface area (Å²) < 4.78 is 30.4. The monoisotopic (exact) mass is 348 g/mol. The average molecular weight is 348 g/mol. The average Bonchev–Trinajstić information content (AvgIpc) is 2.55. The molecule has 2 rings (SSSR count). The van der Waals surface area contributed by atoms with Gasteiger partial charge in [-0.25, -0.2) is 12.7 Å². The van der Waals surface area contributed by atoms with Gasteiger partial charge in [-0.15, -0.1) is 0 Å². The van der Waals surface area contributed by atoms with E-state index in [-0.39, 0.29) is 10.8 Å². The van der Waals surface area contributed by atoms with Gasteiger partial charge in [-0.05, 0) is 48.9 Å². The molecule has 0 aromatic heterocycles. The Morgan fingerprint density at radius 1 is 1.08 bits per heavy atom. The summed E-state index contributed by atoms with van der Waals surface area (Å²) in [6.45, 7) is 1.91. The van der Waals surface area contributed by atoms with Crippen molar-refractivity contribution in [3.05, 3.63) is 53.6 Å². The first-order valence-corrected chi connectivity index (χ1v) is 8.68. The van der Waals surface area contributed by atoms with Gasteiger partial charge in [-0.2, -0.15) is 0 Å². The van der Waals surface area contributed by atoms with Crippen molar-refractivity contribution in [2.45, 2.75) is 11.8 Å². The number of sulfonamides is 1. The van der Waals surface area contributed by atoms with Crippen molar-refractivity contribution in [2.75, 3.05) is 26.5 Å². The summed E-state index contributed by atoms with van der Waals surface area (Å²) in [5.74, 6) is 0.216. The Morgan fingerprint density at radius 3 is 2.25 bits per heavy atom. The Kier molecular flexibility index (Phi) is 5.26. The van der Waals surface area contributed by atoms with Crippen LogP contribution in [0.4, 0.5) is 5.69 Å². The molecule has 1 N–H and O–H groups in total. The van der Waals surface area contributed by atoms with Crippen LogP contribution in [-0.4, -0.2) is 39.8 Å². The van der Waals surface area contributed by atoms with E-state index in [0.717, 1.165) is 9.87 Å². The van der Waals surface area contributed by atoms with E-state index < -0.39 is 10.0 Å². The van der Waals surface area contributed by atoms with Gasteiger partial charge in [0.2, 0.25) is 10.0 Å². The quantitative estimate of drug-likeness (QED) is 0.901. The summed E-state index contributed by atoms with van der Waals surface area (Å²) in [5.41, 5.74) is 1.90. The molecular weight excluding hydrogens is 328 g/mol. The number of carbonyl (C=O) groups excluding carboxylic acids is 1. The standard InChI is InChI=1S/C17H20N2O4S/c1-12-5-10-16(23-4)15(11-12)18-17(20)13-6-8-14(9-7-13)24(21,22)19(2)3/h5-11H,1-4H3,(H,18,20). The van der Waals surface area contributed by atoms with Crippen LogP contribution in [0.2, 0.25) is 0 Å². The lowest BCUT2D eigenvalue weighted by molar-refractivity contribution is 0.102. The lowest BCUT2D eigenvalue weighted by Crippen LogP contribution is -2.22.